The van der Waals surface area contributed by atoms with Crippen molar-refractivity contribution in [3.05, 3.63) is 29.8 Å². The molecule has 0 heterocycles. The van der Waals surface area contributed by atoms with Gasteiger partial charge in [-0.25, -0.2) is 4.79 Å². The molecule has 12 nitrogen and oxygen atoms in total. The minimum absolute atomic E-state index is 0.00621. The number of hydrogen-bond donors (Lipinski definition) is 8. The van der Waals surface area contributed by atoms with Crippen LogP contribution in [0.2, 0.25) is 0 Å². The van der Waals surface area contributed by atoms with Crippen molar-refractivity contribution in [2.75, 3.05) is 5.75 Å². The van der Waals surface area contributed by atoms with Crippen molar-refractivity contribution in [3.8, 4) is 5.75 Å². The lowest BCUT2D eigenvalue weighted by Crippen LogP contribution is -2.58. The van der Waals surface area contributed by atoms with Crippen LogP contribution in [0, 0.1) is 5.92 Å². The summed E-state index contributed by atoms with van der Waals surface area (Å²) in [6.07, 6.45) is -0.753. The van der Waals surface area contributed by atoms with Gasteiger partial charge in [-0.2, -0.15) is 12.6 Å². The lowest BCUT2D eigenvalue weighted by Gasteiger charge is -2.27. The van der Waals surface area contributed by atoms with E-state index >= 15 is 0 Å². The van der Waals surface area contributed by atoms with Crippen molar-refractivity contribution in [1.82, 2.24) is 16.0 Å². The van der Waals surface area contributed by atoms with Crippen molar-refractivity contribution in [2.45, 2.75) is 57.3 Å². The monoisotopic (exact) mass is 512 g/mol. The summed E-state index contributed by atoms with van der Waals surface area (Å²) in [4.78, 5) is 60.6. The van der Waals surface area contributed by atoms with E-state index in [2.05, 4.69) is 28.6 Å². The average molecular weight is 513 g/mol. The van der Waals surface area contributed by atoms with Crippen molar-refractivity contribution >= 4 is 42.3 Å². The second-order valence-corrected chi connectivity index (χ2v) is 8.65. The maximum Gasteiger partial charge on any atom is 0.326 e. The van der Waals surface area contributed by atoms with E-state index in [9.17, 15) is 34.2 Å². The molecule has 0 aliphatic rings. The van der Waals surface area contributed by atoms with Gasteiger partial charge in [0.2, 0.25) is 17.7 Å². The Balaban J connectivity index is 2.98. The Labute approximate surface area is 208 Å². The van der Waals surface area contributed by atoms with E-state index in [0.29, 0.717) is 5.56 Å². The zero-order valence-corrected chi connectivity index (χ0v) is 20.3. The highest BCUT2D eigenvalue weighted by molar-refractivity contribution is 7.80. The first kappa shape index (κ1) is 29.7. The Morgan fingerprint density at radius 2 is 1.49 bits per heavy atom. The fraction of sp³-hybridized carbons (Fsp3) is 0.500. The smallest absolute Gasteiger partial charge is 0.326 e. The topological polar surface area (TPSA) is 208 Å². The third-order valence-electron chi connectivity index (χ3n) is 5.05. The Morgan fingerprint density at radius 1 is 0.914 bits per heavy atom. The number of carbonyl (C=O) groups excluding carboxylic acids is 3. The van der Waals surface area contributed by atoms with E-state index in [1.54, 1.807) is 13.8 Å². The van der Waals surface area contributed by atoms with Gasteiger partial charge in [-0.15, -0.1) is 0 Å². The van der Waals surface area contributed by atoms with Gasteiger partial charge in [0.25, 0.3) is 0 Å². The highest BCUT2D eigenvalue weighted by Crippen LogP contribution is 2.12. The van der Waals surface area contributed by atoms with Gasteiger partial charge in [-0.3, -0.25) is 19.2 Å². The summed E-state index contributed by atoms with van der Waals surface area (Å²) >= 11 is 3.92. The number of phenols is 1. The molecule has 13 heteroatoms. The summed E-state index contributed by atoms with van der Waals surface area (Å²) in [5.41, 5.74) is 6.16. The lowest BCUT2D eigenvalue weighted by atomic mass is 10.00. The minimum atomic E-state index is -1.32. The molecule has 1 aromatic rings. The van der Waals surface area contributed by atoms with Crippen molar-refractivity contribution in [1.29, 1.82) is 0 Å². The van der Waals surface area contributed by atoms with E-state index in [4.69, 9.17) is 10.8 Å². The molecule has 1 rings (SSSR count). The molecule has 0 radical (unpaired) electrons. The van der Waals surface area contributed by atoms with Gasteiger partial charge in [-0.1, -0.05) is 26.0 Å². The minimum Gasteiger partial charge on any atom is -0.508 e. The highest BCUT2D eigenvalue weighted by atomic mass is 32.1. The molecule has 1 aromatic carbocycles. The lowest BCUT2D eigenvalue weighted by molar-refractivity contribution is -0.142. The summed E-state index contributed by atoms with van der Waals surface area (Å²) in [7, 11) is 0. The van der Waals surface area contributed by atoms with E-state index < -0.39 is 66.2 Å². The predicted octanol–water partition coefficient (Wildman–Crippen LogP) is -0.748. The number of thiol groups is 1. The number of hydrogen-bond acceptors (Lipinski definition) is 8. The number of nitrogens with one attached hydrogen (secondary N) is 3. The molecule has 3 amide bonds. The van der Waals surface area contributed by atoms with E-state index in [1.807, 2.05) is 0 Å². The second-order valence-electron chi connectivity index (χ2n) is 8.28. The molecule has 8 N–H and O–H groups in total. The first-order chi connectivity index (χ1) is 16.3. The van der Waals surface area contributed by atoms with Crippen LogP contribution in [0.25, 0.3) is 0 Å². The fourth-order valence-corrected chi connectivity index (χ4v) is 3.18. The second kappa shape index (κ2) is 14.2. The summed E-state index contributed by atoms with van der Waals surface area (Å²) in [6, 6.07) is 1.00. The SMILES string of the molecule is CC(C)C(NC(=O)C(CCC(=O)O)NC(=O)C(N)CS)C(=O)NC(Cc1ccc(O)cc1)C(=O)O. The molecule has 0 fully saturated rings. The van der Waals surface area contributed by atoms with Gasteiger partial charge in [-0.05, 0) is 30.0 Å². The third kappa shape index (κ3) is 10.2. The zero-order chi connectivity index (χ0) is 26.7. The molecule has 35 heavy (non-hydrogen) atoms. The number of rotatable bonds is 14. The molecule has 0 saturated heterocycles. The van der Waals surface area contributed by atoms with Crippen LogP contribution in [0.15, 0.2) is 24.3 Å². The summed E-state index contributed by atoms with van der Waals surface area (Å²) in [5.74, 6) is -5.26. The van der Waals surface area contributed by atoms with Crippen LogP contribution in [-0.4, -0.2) is 74.9 Å². The third-order valence-corrected chi connectivity index (χ3v) is 5.44. The molecular formula is C22H32N4O8S. The number of carbonyl (C=O) groups is 5. The maximum atomic E-state index is 12.9. The van der Waals surface area contributed by atoms with Crippen LogP contribution in [0.1, 0.15) is 32.3 Å². The number of aliphatic carboxylic acids is 2. The Kier molecular flexibility index (Phi) is 12.0. The summed E-state index contributed by atoms with van der Waals surface area (Å²) in [6.45, 7) is 3.25. The molecule has 0 spiro atoms. The molecule has 0 aromatic heterocycles. The molecule has 0 saturated carbocycles. The fourth-order valence-electron chi connectivity index (χ4n) is 3.02. The quantitative estimate of drug-likeness (QED) is 0.147. The molecule has 4 unspecified atom stereocenters. The maximum absolute atomic E-state index is 12.9. The number of aromatic hydroxyl groups is 1. The van der Waals surface area contributed by atoms with Crippen molar-refractivity contribution < 1.29 is 39.3 Å². The van der Waals surface area contributed by atoms with Crippen LogP contribution < -0.4 is 21.7 Å². The number of carboxylic acid groups (broad SMARTS) is 2. The zero-order valence-electron chi connectivity index (χ0n) is 19.4. The Hall–Kier alpha value is -3.32. The normalized spacial score (nSPS) is 14.3. The van der Waals surface area contributed by atoms with E-state index in [1.165, 1.54) is 24.3 Å². The average Bonchev–Trinajstić information content (AvgIpc) is 2.79. The van der Waals surface area contributed by atoms with Crippen LogP contribution in [0.5, 0.6) is 5.75 Å². The number of phenolic OH excluding ortho intramolecular Hbond substituents is 1. The number of benzene rings is 1. The molecule has 0 bridgehead atoms. The van der Waals surface area contributed by atoms with E-state index in [0.717, 1.165) is 0 Å². The molecule has 194 valence electrons. The first-order valence-corrected chi connectivity index (χ1v) is 11.5. The highest BCUT2D eigenvalue weighted by Gasteiger charge is 2.32. The van der Waals surface area contributed by atoms with Gasteiger partial charge < -0.3 is 37.0 Å². The molecular weight excluding hydrogens is 480 g/mol. The van der Waals surface area contributed by atoms with Gasteiger partial charge in [0, 0.05) is 18.6 Å². The molecule has 0 aliphatic heterocycles. The first-order valence-electron chi connectivity index (χ1n) is 10.9. The number of amides is 3. The van der Waals surface area contributed by atoms with Gasteiger partial charge in [0.05, 0.1) is 6.04 Å². The molecule has 4 atom stereocenters. The largest absolute Gasteiger partial charge is 0.508 e. The van der Waals surface area contributed by atoms with Crippen LogP contribution in [0.3, 0.4) is 0 Å². The van der Waals surface area contributed by atoms with Crippen LogP contribution >= 0.6 is 12.6 Å². The van der Waals surface area contributed by atoms with E-state index in [-0.39, 0.29) is 24.3 Å². The van der Waals surface area contributed by atoms with Gasteiger partial charge in [0.15, 0.2) is 0 Å². The Bertz CT molecular complexity index is 909. The number of nitrogens with two attached hydrogens (primary N) is 1. The predicted molar refractivity (Wildman–Crippen MR) is 129 cm³/mol. The standard InChI is InChI=1S/C22H32N4O8S/c1-11(2)18(21(32)25-16(22(33)34)9-12-3-5-13(27)6-4-12)26-20(31)15(7-8-17(28)29)24-19(30)14(23)10-35/h3-6,11,14-16,18,27,35H,7-10,23H2,1-2H3,(H,24,30)(H,25,32)(H,26,31)(H,28,29)(H,33,34). The van der Waals surface area contributed by atoms with Gasteiger partial charge in [0.1, 0.15) is 23.9 Å². The molecule has 0 aliphatic carbocycles. The van der Waals surface area contributed by atoms with Crippen LogP contribution in [0.4, 0.5) is 0 Å². The summed E-state index contributed by atoms with van der Waals surface area (Å²) in [5, 5.41) is 35.1. The van der Waals surface area contributed by atoms with Crippen molar-refractivity contribution in [3.63, 3.8) is 0 Å². The Morgan fingerprint density at radius 3 is 1.97 bits per heavy atom. The summed E-state index contributed by atoms with van der Waals surface area (Å²) < 4.78 is 0. The number of carboxylic acids is 2. The van der Waals surface area contributed by atoms with Crippen molar-refractivity contribution in [2.24, 2.45) is 11.7 Å². The van der Waals surface area contributed by atoms with Crippen LogP contribution in [-0.2, 0) is 30.4 Å². The van der Waals surface area contributed by atoms with Gasteiger partial charge >= 0.3 is 11.9 Å².